The molecule has 5 heteroatoms. The first-order valence-corrected chi connectivity index (χ1v) is 10.1. The van der Waals surface area contributed by atoms with Crippen LogP contribution in [0.2, 0.25) is 0 Å². The number of aliphatic hydroxyl groups excluding tert-OH is 1. The van der Waals surface area contributed by atoms with Gasteiger partial charge in [-0.2, -0.15) is 0 Å². The van der Waals surface area contributed by atoms with Gasteiger partial charge >= 0.3 is 5.97 Å². The molecular formula is C22H34O5. The van der Waals surface area contributed by atoms with E-state index >= 15 is 0 Å². The number of esters is 1. The maximum Gasteiger partial charge on any atom is 0.302 e. The van der Waals surface area contributed by atoms with E-state index in [1.54, 1.807) is 0 Å². The molecule has 5 nitrogen and oxygen atoms in total. The van der Waals surface area contributed by atoms with E-state index in [1.807, 2.05) is 33.8 Å². The minimum atomic E-state index is -0.621. The lowest BCUT2D eigenvalue weighted by Gasteiger charge is -2.65. The Hall–Kier alpha value is -1.20. The third-order valence-corrected chi connectivity index (χ3v) is 7.79. The van der Waals surface area contributed by atoms with Gasteiger partial charge in [0.15, 0.2) is 0 Å². The van der Waals surface area contributed by atoms with Gasteiger partial charge in [-0.1, -0.05) is 19.9 Å². The number of hydrogen-bond donors (Lipinski definition) is 1. The van der Waals surface area contributed by atoms with Crippen molar-refractivity contribution in [2.24, 2.45) is 22.7 Å². The Morgan fingerprint density at radius 2 is 1.96 bits per heavy atom. The molecule has 1 N–H and O–H groups in total. The van der Waals surface area contributed by atoms with E-state index in [0.29, 0.717) is 19.3 Å². The van der Waals surface area contributed by atoms with Gasteiger partial charge in [-0.25, -0.2) is 0 Å². The Morgan fingerprint density at radius 3 is 2.56 bits per heavy atom. The zero-order valence-corrected chi connectivity index (χ0v) is 17.3. The van der Waals surface area contributed by atoms with Crippen molar-refractivity contribution in [3.05, 3.63) is 12.7 Å². The lowest BCUT2D eigenvalue weighted by Crippen LogP contribution is -2.69. The largest absolute Gasteiger partial charge is 0.465 e. The van der Waals surface area contributed by atoms with Gasteiger partial charge in [-0.3, -0.25) is 9.59 Å². The smallest absolute Gasteiger partial charge is 0.302 e. The zero-order valence-electron chi connectivity index (χ0n) is 17.3. The molecule has 1 heterocycles. The van der Waals surface area contributed by atoms with E-state index in [0.717, 1.165) is 12.8 Å². The molecule has 1 aliphatic heterocycles. The van der Waals surface area contributed by atoms with Gasteiger partial charge in [0.1, 0.15) is 5.78 Å². The number of fused-ring (bicyclic) bond motifs is 3. The third kappa shape index (κ3) is 3.07. The first-order chi connectivity index (χ1) is 12.4. The van der Waals surface area contributed by atoms with Gasteiger partial charge < -0.3 is 14.6 Å². The summed E-state index contributed by atoms with van der Waals surface area (Å²) < 4.78 is 11.8. The van der Waals surface area contributed by atoms with Crippen LogP contribution in [0.15, 0.2) is 12.7 Å². The summed E-state index contributed by atoms with van der Waals surface area (Å²) in [6.45, 7) is 13.6. The summed E-state index contributed by atoms with van der Waals surface area (Å²) in [5, 5.41) is 11.1. The van der Waals surface area contributed by atoms with Gasteiger partial charge in [0.2, 0.25) is 0 Å². The lowest BCUT2D eigenvalue weighted by molar-refractivity contribution is -0.265. The molecule has 27 heavy (non-hydrogen) atoms. The summed E-state index contributed by atoms with van der Waals surface area (Å²) in [4.78, 5) is 24.9. The van der Waals surface area contributed by atoms with Crippen molar-refractivity contribution in [3.8, 4) is 0 Å². The second-order valence-electron chi connectivity index (χ2n) is 9.95. The van der Waals surface area contributed by atoms with Crippen molar-refractivity contribution in [2.75, 3.05) is 6.61 Å². The van der Waals surface area contributed by atoms with Crippen LogP contribution in [0.5, 0.6) is 0 Å². The normalized spacial score (nSPS) is 49.7. The fourth-order valence-corrected chi connectivity index (χ4v) is 6.57. The Balaban J connectivity index is 2.02. The van der Waals surface area contributed by atoms with Crippen molar-refractivity contribution in [1.82, 2.24) is 0 Å². The van der Waals surface area contributed by atoms with E-state index in [-0.39, 0.29) is 30.2 Å². The molecule has 3 aliphatic rings. The van der Waals surface area contributed by atoms with Crippen molar-refractivity contribution in [1.29, 1.82) is 0 Å². The molecule has 2 unspecified atom stereocenters. The SMILES string of the molecule is C=C[C@@]1(C)CCC2[C@]3(C)[C@@H](O)CCC(C)(COC(C)=O)[C@@H]3C(=O)C[C@]2(C)O1. The Kier molecular flexibility index (Phi) is 4.88. The van der Waals surface area contributed by atoms with Crippen LogP contribution >= 0.6 is 0 Å². The molecule has 7 atom stereocenters. The van der Waals surface area contributed by atoms with Gasteiger partial charge in [0, 0.05) is 30.1 Å². The van der Waals surface area contributed by atoms with Gasteiger partial charge in [-0.05, 0) is 45.4 Å². The van der Waals surface area contributed by atoms with E-state index in [2.05, 4.69) is 6.58 Å². The molecule has 2 aliphatic carbocycles. The van der Waals surface area contributed by atoms with E-state index in [4.69, 9.17) is 9.47 Å². The second kappa shape index (κ2) is 6.41. The Bertz CT molecular complexity index is 659. The molecule has 3 fully saturated rings. The van der Waals surface area contributed by atoms with Gasteiger partial charge in [0.05, 0.1) is 23.9 Å². The highest BCUT2D eigenvalue weighted by atomic mass is 16.5. The standard InChI is InChI=1S/C22H34O5/c1-7-20(4)11-8-16-21(5,27-20)12-15(24)18-19(3,13-26-14(2)23)10-9-17(25)22(16,18)6/h7,16-18,25H,1,8-13H2,2-6H3/t16?,17-,18-,19?,20-,21-,22+/m0/s1. The van der Waals surface area contributed by atoms with Crippen LogP contribution < -0.4 is 0 Å². The van der Waals surface area contributed by atoms with Gasteiger partial charge in [-0.15, -0.1) is 6.58 Å². The lowest BCUT2D eigenvalue weighted by atomic mass is 9.43. The number of hydrogen-bond acceptors (Lipinski definition) is 5. The highest BCUT2D eigenvalue weighted by Crippen LogP contribution is 2.64. The van der Waals surface area contributed by atoms with Crippen LogP contribution in [0.1, 0.15) is 66.7 Å². The van der Waals surface area contributed by atoms with Crippen LogP contribution in [0, 0.1) is 22.7 Å². The molecule has 2 saturated carbocycles. The van der Waals surface area contributed by atoms with Crippen LogP contribution in [-0.2, 0) is 19.1 Å². The van der Waals surface area contributed by atoms with E-state index in [1.165, 1.54) is 6.92 Å². The van der Waals surface area contributed by atoms with Crippen LogP contribution in [-0.4, -0.2) is 40.8 Å². The average Bonchev–Trinajstić information content (AvgIpc) is 2.56. The quantitative estimate of drug-likeness (QED) is 0.602. The minimum absolute atomic E-state index is 0.0627. The number of ether oxygens (including phenoxy) is 2. The third-order valence-electron chi connectivity index (χ3n) is 7.79. The van der Waals surface area contributed by atoms with Gasteiger partial charge in [0.25, 0.3) is 0 Å². The number of rotatable bonds is 3. The molecule has 0 aromatic carbocycles. The van der Waals surface area contributed by atoms with E-state index in [9.17, 15) is 14.7 Å². The summed E-state index contributed by atoms with van der Waals surface area (Å²) in [5.74, 6) is -0.506. The summed E-state index contributed by atoms with van der Waals surface area (Å²) in [7, 11) is 0. The zero-order chi connectivity index (χ0) is 20.3. The number of aliphatic hydroxyl groups is 1. The van der Waals surface area contributed by atoms with E-state index < -0.39 is 28.1 Å². The molecule has 1 saturated heterocycles. The first kappa shape index (κ1) is 20.5. The number of ketones is 1. The monoisotopic (exact) mass is 378 g/mol. The molecule has 0 bridgehead atoms. The molecule has 0 aromatic heterocycles. The van der Waals surface area contributed by atoms with Crippen LogP contribution in [0.4, 0.5) is 0 Å². The molecule has 0 spiro atoms. The van der Waals surface area contributed by atoms with Crippen molar-refractivity contribution < 1.29 is 24.2 Å². The molecular weight excluding hydrogens is 344 g/mol. The summed E-state index contributed by atoms with van der Waals surface area (Å²) in [5.41, 5.74) is -2.13. The van der Waals surface area contributed by atoms with Crippen LogP contribution in [0.25, 0.3) is 0 Å². The summed E-state index contributed by atoms with van der Waals surface area (Å²) >= 11 is 0. The summed E-state index contributed by atoms with van der Waals surface area (Å²) in [6.07, 6.45) is 4.55. The molecule has 152 valence electrons. The second-order valence-corrected chi connectivity index (χ2v) is 9.95. The molecule has 0 radical (unpaired) electrons. The van der Waals surface area contributed by atoms with Crippen molar-refractivity contribution >= 4 is 11.8 Å². The predicted molar refractivity (Wildman–Crippen MR) is 102 cm³/mol. The first-order valence-electron chi connectivity index (χ1n) is 10.1. The number of Topliss-reactive ketones (excluding diaryl/α,β-unsaturated/α-hetero) is 1. The molecule has 0 aromatic rings. The topological polar surface area (TPSA) is 72.8 Å². The summed E-state index contributed by atoms with van der Waals surface area (Å²) in [6, 6.07) is 0. The highest BCUT2D eigenvalue weighted by Gasteiger charge is 2.68. The minimum Gasteiger partial charge on any atom is -0.465 e. The predicted octanol–water partition coefficient (Wildman–Crippen LogP) is 3.44. The number of carbonyl (C=O) groups excluding carboxylic acids is 2. The maximum atomic E-state index is 13.4. The molecule has 0 amide bonds. The fourth-order valence-electron chi connectivity index (χ4n) is 6.57. The Morgan fingerprint density at radius 1 is 1.30 bits per heavy atom. The average molecular weight is 379 g/mol. The highest BCUT2D eigenvalue weighted by molar-refractivity contribution is 5.85. The van der Waals surface area contributed by atoms with Crippen molar-refractivity contribution in [3.63, 3.8) is 0 Å². The number of carbonyl (C=O) groups is 2. The molecule has 3 rings (SSSR count). The Labute approximate surface area is 162 Å². The fraction of sp³-hybridized carbons (Fsp3) is 0.818. The van der Waals surface area contributed by atoms with Crippen LogP contribution in [0.3, 0.4) is 0 Å². The maximum absolute atomic E-state index is 13.4. The van der Waals surface area contributed by atoms with Crippen molar-refractivity contribution in [2.45, 2.75) is 84.0 Å².